The summed E-state index contributed by atoms with van der Waals surface area (Å²) in [6.45, 7) is 10.3. The lowest BCUT2D eigenvalue weighted by molar-refractivity contribution is 0.0408. The molecule has 0 spiro atoms. The predicted octanol–water partition coefficient (Wildman–Crippen LogP) is 6.47. The van der Waals surface area contributed by atoms with Gasteiger partial charge in [-0.05, 0) is 50.3 Å². The van der Waals surface area contributed by atoms with Gasteiger partial charge in [-0.25, -0.2) is 13.6 Å². The van der Waals surface area contributed by atoms with Gasteiger partial charge >= 0.3 is 6.03 Å². The van der Waals surface area contributed by atoms with E-state index in [1.807, 2.05) is 20.8 Å². The van der Waals surface area contributed by atoms with E-state index in [0.717, 1.165) is 6.07 Å². The maximum absolute atomic E-state index is 15.8. The molecule has 0 aromatic heterocycles. The third-order valence-corrected chi connectivity index (χ3v) is 8.36. The number of carbonyl (C=O) groups excluding carboxylic acids is 1. The van der Waals surface area contributed by atoms with Gasteiger partial charge in [0, 0.05) is 41.9 Å². The number of hydrazone groups is 1. The highest BCUT2D eigenvalue weighted by Gasteiger charge is 2.62. The minimum atomic E-state index is -1.60. The Morgan fingerprint density at radius 3 is 2.59 bits per heavy atom. The molecule has 2 aliphatic heterocycles. The Kier molecular flexibility index (Phi) is 8.80. The first-order valence-corrected chi connectivity index (χ1v) is 14.5. The molecule has 4 rings (SSSR count). The second-order valence-electron chi connectivity index (χ2n) is 13.0. The first-order valence-electron chi connectivity index (χ1n) is 13.8. The second kappa shape index (κ2) is 11.5. The van der Waals surface area contributed by atoms with Gasteiger partial charge in [0.15, 0.2) is 0 Å². The van der Waals surface area contributed by atoms with E-state index >= 15 is 8.78 Å². The van der Waals surface area contributed by atoms with E-state index in [0.29, 0.717) is 25.2 Å². The molecule has 2 heterocycles. The van der Waals surface area contributed by atoms with Crippen molar-refractivity contribution in [2.45, 2.75) is 70.9 Å². The number of β-amino-alcohol motifs (C(OH)–C–C–N with tert-alkyl or cyclic N) is 1. The molecule has 2 N–H and O–H groups in total. The van der Waals surface area contributed by atoms with Crippen LogP contribution in [0.5, 0.6) is 0 Å². The van der Waals surface area contributed by atoms with E-state index in [9.17, 15) is 15.2 Å². The monoisotopic (exact) mass is 607 g/mol. The fourth-order valence-corrected chi connectivity index (χ4v) is 6.80. The molecule has 1 aliphatic carbocycles. The predicted molar refractivity (Wildman–Crippen MR) is 156 cm³/mol. The van der Waals surface area contributed by atoms with Gasteiger partial charge < -0.3 is 10.0 Å². The highest BCUT2D eigenvalue weighted by Crippen LogP contribution is 2.54. The van der Waals surface area contributed by atoms with Crippen molar-refractivity contribution in [3.63, 3.8) is 0 Å². The smallest absolute Gasteiger partial charge is 0.323 e. The van der Waals surface area contributed by atoms with Gasteiger partial charge in [-0.15, -0.1) is 0 Å². The average Bonchev–Trinajstić information content (AvgIpc) is 3.40. The van der Waals surface area contributed by atoms with Crippen molar-refractivity contribution in [2.24, 2.45) is 22.4 Å². The van der Waals surface area contributed by atoms with Gasteiger partial charge in [0.25, 0.3) is 0 Å². The quantitative estimate of drug-likeness (QED) is 0.401. The number of aliphatic hydroxyl groups is 1. The zero-order valence-electron chi connectivity index (χ0n) is 24.0. The van der Waals surface area contributed by atoms with Crippen LogP contribution in [0.25, 0.3) is 0 Å². The Balaban J connectivity index is 1.82. The van der Waals surface area contributed by atoms with Crippen molar-refractivity contribution in [3.05, 3.63) is 57.6 Å². The number of hydrogen-bond acceptors (Lipinski definition) is 5. The number of rotatable bonds is 5. The van der Waals surface area contributed by atoms with Gasteiger partial charge in [0.1, 0.15) is 22.9 Å². The molecule has 41 heavy (non-hydrogen) atoms. The summed E-state index contributed by atoms with van der Waals surface area (Å²) in [6, 6.07) is 4.89. The number of benzene rings is 1. The van der Waals surface area contributed by atoms with Crippen LogP contribution in [0.3, 0.4) is 0 Å². The minimum Gasteiger partial charge on any atom is -0.389 e. The number of halogens is 4. The van der Waals surface area contributed by atoms with Crippen LogP contribution in [-0.4, -0.2) is 58.2 Å². The lowest BCUT2D eigenvalue weighted by Crippen LogP contribution is -2.54. The Hall–Kier alpha value is -2.67. The zero-order chi connectivity index (χ0) is 30.3. The molecule has 222 valence electrons. The molecule has 1 aromatic rings. The normalized spacial score (nSPS) is 26.9. The summed E-state index contributed by atoms with van der Waals surface area (Å²) in [4.78, 5) is 15.4. The van der Waals surface area contributed by atoms with Crippen molar-refractivity contribution >= 4 is 35.1 Å². The molecule has 0 radical (unpaired) electrons. The number of nitrogens with one attached hydrogen (secondary N) is 1. The maximum Gasteiger partial charge on any atom is 0.323 e. The van der Waals surface area contributed by atoms with E-state index in [1.54, 1.807) is 24.9 Å². The molecular formula is C30H37Cl2F2N5O2. The number of allylic oxidation sites excluding steroid dienone is 3. The number of nitriles is 1. The number of likely N-dealkylation sites (tertiary alicyclic amines) is 1. The van der Waals surface area contributed by atoms with Crippen molar-refractivity contribution in [3.8, 4) is 6.07 Å². The van der Waals surface area contributed by atoms with Crippen molar-refractivity contribution < 1.29 is 18.7 Å². The lowest BCUT2D eigenvalue weighted by atomic mass is 9.62. The minimum absolute atomic E-state index is 0.0759. The van der Waals surface area contributed by atoms with Crippen LogP contribution in [0.2, 0.25) is 5.02 Å². The van der Waals surface area contributed by atoms with Crippen LogP contribution in [0.1, 0.15) is 59.4 Å². The van der Waals surface area contributed by atoms with Gasteiger partial charge in [-0.1, -0.05) is 56.1 Å². The SMILES string of the molecule is CC(C)(C)C[C@@H]1CN(C(=O)NC2=NN(CC(C)(C)O)CC2)[C@H](C2CC=CC(Cl)=C2F)[C@@]1(C#N)c1ccc(Cl)cc1F. The lowest BCUT2D eigenvalue weighted by Gasteiger charge is -2.41. The molecule has 1 aromatic carbocycles. The van der Waals surface area contributed by atoms with Crippen LogP contribution >= 0.6 is 23.2 Å². The van der Waals surface area contributed by atoms with E-state index in [4.69, 9.17) is 23.2 Å². The molecule has 1 saturated heterocycles. The maximum atomic E-state index is 15.8. The van der Waals surface area contributed by atoms with Crippen LogP contribution in [-0.2, 0) is 5.41 Å². The van der Waals surface area contributed by atoms with Gasteiger partial charge in [0.05, 0.1) is 29.3 Å². The molecule has 3 aliphatic rings. The highest BCUT2D eigenvalue weighted by molar-refractivity contribution is 6.31. The van der Waals surface area contributed by atoms with Gasteiger partial charge in [-0.3, -0.25) is 10.3 Å². The molecule has 0 bridgehead atoms. The Morgan fingerprint density at radius 1 is 1.27 bits per heavy atom. The highest BCUT2D eigenvalue weighted by atomic mass is 35.5. The summed E-state index contributed by atoms with van der Waals surface area (Å²) in [6.07, 6.45) is 4.25. The van der Waals surface area contributed by atoms with E-state index in [2.05, 4.69) is 16.5 Å². The Morgan fingerprint density at radius 2 is 1.98 bits per heavy atom. The van der Waals surface area contributed by atoms with E-state index in [1.165, 1.54) is 23.1 Å². The third-order valence-electron chi connectivity index (χ3n) is 7.82. The summed E-state index contributed by atoms with van der Waals surface area (Å²) >= 11 is 12.3. The van der Waals surface area contributed by atoms with Crippen LogP contribution < -0.4 is 5.32 Å². The molecule has 4 atom stereocenters. The van der Waals surface area contributed by atoms with Gasteiger partial charge in [-0.2, -0.15) is 10.4 Å². The Labute approximate surface area is 250 Å². The number of amidine groups is 1. The third kappa shape index (κ3) is 6.55. The number of amides is 2. The molecule has 1 unspecified atom stereocenters. The van der Waals surface area contributed by atoms with Crippen LogP contribution in [0.4, 0.5) is 13.6 Å². The second-order valence-corrected chi connectivity index (χ2v) is 13.9. The number of carbonyl (C=O) groups is 1. The number of nitrogens with zero attached hydrogens (tertiary/aromatic N) is 4. The number of urea groups is 1. The van der Waals surface area contributed by atoms with Crippen LogP contribution in [0, 0.1) is 34.4 Å². The van der Waals surface area contributed by atoms with E-state index < -0.39 is 46.6 Å². The first kappa shape index (κ1) is 31.3. The summed E-state index contributed by atoms with van der Waals surface area (Å²) in [5, 5.41) is 30.2. The molecule has 7 nitrogen and oxygen atoms in total. The van der Waals surface area contributed by atoms with Crippen molar-refractivity contribution in [1.82, 2.24) is 15.2 Å². The zero-order valence-corrected chi connectivity index (χ0v) is 25.5. The fourth-order valence-electron chi connectivity index (χ4n) is 6.41. The van der Waals surface area contributed by atoms with Crippen molar-refractivity contribution in [2.75, 3.05) is 19.6 Å². The molecule has 1 fully saturated rings. The summed E-state index contributed by atoms with van der Waals surface area (Å²) < 4.78 is 31.6. The number of hydrogen-bond donors (Lipinski definition) is 2. The summed E-state index contributed by atoms with van der Waals surface area (Å²) in [5.41, 5.74) is -2.80. The van der Waals surface area contributed by atoms with Gasteiger partial charge in [0.2, 0.25) is 0 Å². The van der Waals surface area contributed by atoms with E-state index in [-0.39, 0.29) is 40.5 Å². The first-order chi connectivity index (χ1) is 19.1. The van der Waals surface area contributed by atoms with Crippen LogP contribution in [0.15, 0.2) is 46.3 Å². The average molecular weight is 609 g/mol. The molecule has 11 heteroatoms. The Bertz CT molecular complexity index is 1330. The largest absolute Gasteiger partial charge is 0.389 e. The molecule has 0 saturated carbocycles. The topological polar surface area (TPSA) is 92.0 Å². The standard InChI is InChI=1S/C30H37Cl2F2N5O2/c1-28(2,3)14-18-15-39(27(40)36-24-11-12-38(37-24)17-29(4,5)41)26(20-7-6-8-22(32)25(20)34)30(18,16-35)21-10-9-19(31)13-23(21)33/h6,8-10,13,18,20,26,41H,7,11-12,14-15,17H2,1-5H3,(H,36,37,40)/t18-,20?,26-,30-/m1/s1. The molecular weight excluding hydrogens is 571 g/mol. The van der Waals surface area contributed by atoms with Crippen molar-refractivity contribution in [1.29, 1.82) is 5.26 Å². The summed E-state index contributed by atoms with van der Waals surface area (Å²) in [5.74, 6) is -2.44. The summed E-state index contributed by atoms with van der Waals surface area (Å²) in [7, 11) is 0. The molecule has 2 amide bonds. The fraction of sp³-hybridized carbons (Fsp3) is 0.567.